The van der Waals surface area contributed by atoms with Gasteiger partial charge in [0.1, 0.15) is 0 Å². The molecule has 3 nitrogen and oxygen atoms in total. The summed E-state index contributed by atoms with van der Waals surface area (Å²) in [6.45, 7) is -0.451. The third-order valence-electron chi connectivity index (χ3n) is 2.11. The van der Waals surface area contributed by atoms with Gasteiger partial charge in [0, 0.05) is 17.1 Å². The molecule has 0 saturated carbocycles. The highest BCUT2D eigenvalue weighted by atomic mass is 19.2. The molecule has 1 heterocycles. The van der Waals surface area contributed by atoms with Crippen LogP contribution in [0.5, 0.6) is 0 Å². The second-order valence-corrected chi connectivity index (χ2v) is 2.97. The highest BCUT2D eigenvalue weighted by molar-refractivity contribution is 5.79. The molecule has 14 heavy (non-hydrogen) atoms. The van der Waals surface area contributed by atoms with Crippen LogP contribution in [0.1, 0.15) is 5.56 Å². The predicted octanol–water partition coefficient (Wildman–Crippen LogP) is 1.23. The molecule has 0 bridgehead atoms. The Morgan fingerprint density at radius 2 is 2.07 bits per heavy atom. The van der Waals surface area contributed by atoms with Crippen molar-refractivity contribution >= 4 is 10.9 Å². The monoisotopic (exact) mass is 193 g/mol. The van der Waals surface area contributed by atoms with E-state index in [1.165, 1.54) is 12.1 Å². The topological polar surface area (TPSA) is 42.2 Å². The lowest BCUT2D eigenvalue weighted by atomic mass is 10.1. The highest BCUT2D eigenvalue weighted by Crippen LogP contribution is 2.11. The fraction of sp³-hybridized carbons (Fsp3) is 0.100. The van der Waals surface area contributed by atoms with Crippen molar-refractivity contribution in [2.45, 2.75) is 6.61 Å². The lowest BCUT2D eigenvalue weighted by molar-refractivity contribution is 0.276. The van der Waals surface area contributed by atoms with Crippen LogP contribution in [0.25, 0.3) is 10.9 Å². The number of nitrogens with zero attached hydrogens (tertiary/aromatic N) is 1. The number of hydrogen-bond donors (Lipinski definition) is 1. The number of rotatable bonds is 1. The van der Waals surface area contributed by atoms with Crippen molar-refractivity contribution in [1.29, 1.82) is 0 Å². The molecule has 0 unspecified atom stereocenters. The number of hydrogen-bond acceptors (Lipinski definition) is 2. The number of fused-ring (bicyclic) bond motifs is 1. The molecule has 0 atom stereocenters. The maximum absolute atomic E-state index is 13.3. The van der Waals surface area contributed by atoms with Crippen molar-refractivity contribution in [3.05, 3.63) is 46.2 Å². The smallest absolute Gasteiger partial charge is 0.195 e. The average Bonchev–Trinajstić information content (AvgIpc) is 2.23. The first-order valence-corrected chi connectivity index (χ1v) is 4.14. The zero-order valence-electron chi connectivity index (χ0n) is 7.27. The molecule has 0 spiro atoms. The summed E-state index contributed by atoms with van der Waals surface area (Å²) in [7, 11) is 0. The Morgan fingerprint density at radius 3 is 2.79 bits per heavy atom. The first kappa shape index (κ1) is 8.90. The average molecular weight is 193 g/mol. The lowest BCUT2D eigenvalue weighted by Gasteiger charge is -2.03. The van der Waals surface area contributed by atoms with Gasteiger partial charge in [-0.25, -0.2) is 0 Å². The molecule has 0 fully saturated rings. The fourth-order valence-electron chi connectivity index (χ4n) is 1.40. The molecule has 1 aromatic carbocycles. The van der Waals surface area contributed by atoms with Crippen molar-refractivity contribution in [3.63, 3.8) is 0 Å². The normalized spacial score (nSPS) is 10.7. The molecule has 0 amide bonds. The molecule has 4 heteroatoms. The standard InChI is InChI=1S/C10H8FNO2/c11-12-5-7(6-13)10(14)8-3-1-2-4-9(8)12/h1-5,13H,6H2. The number of benzene rings is 1. The fourth-order valence-corrected chi connectivity index (χ4v) is 1.40. The Morgan fingerprint density at radius 1 is 1.36 bits per heavy atom. The Balaban J connectivity index is 2.95. The second-order valence-electron chi connectivity index (χ2n) is 2.97. The minimum Gasteiger partial charge on any atom is -0.391 e. The summed E-state index contributed by atoms with van der Waals surface area (Å²) in [5.74, 6) is 0. The van der Waals surface area contributed by atoms with Crippen LogP contribution in [-0.4, -0.2) is 9.90 Å². The summed E-state index contributed by atoms with van der Waals surface area (Å²) >= 11 is 0. The SMILES string of the molecule is O=c1c(CO)cn(F)c2ccccc12. The van der Waals surface area contributed by atoms with E-state index < -0.39 is 6.61 Å². The molecule has 1 N–H and O–H groups in total. The van der Waals surface area contributed by atoms with Gasteiger partial charge in [-0.2, -0.15) is 4.79 Å². The lowest BCUT2D eigenvalue weighted by Crippen LogP contribution is -2.11. The van der Waals surface area contributed by atoms with Crippen molar-refractivity contribution < 1.29 is 9.59 Å². The number of aliphatic hydroxyl groups is 1. The van der Waals surface area contributed by atoms with Crippen molar-refractivity contribution in [2.75, 3.05) is 0 Å². The second kappa shape index (κ2) is 3.23. The van der Waals surface area contributed by atoms with Crippen molar-refractivity contribution in [3.8, 4) is 0 Å². The van der Waals surface area contributed by atoms with Gasteiger partial charge in [-0.15, -0.1) is 0 Å². The van der Waals surface area contributed by atoms with Crippen LogP contribution in [0, 0.1) is 0 Å². The summed E-state index contributed by atoms with van der Waals surface area (Å²) in [5, 5.41) is 9.10. The molecule has 0 aliphatic heterocycles. The van der Waals surface area contributed by atoms with Crippen LogP contribution >= 0.6 is 0 Å². The molecule has 0 aliphatic rings. The van der Waals surface area contributed by atoms with E-state index in [0.717, 1.165) is 6.20 Å². The van der Waals surface area contributed by atoms with E-state index in [4.69, 9.17) is 5.11 Å². The van der Waals surface area contributed by atoms with E-state index in [0.29, 0.717) is 4.79 Å². The van der Waals surface area contributed by atoms with Gasteiger partial charge in [0.05, 0.1) is 12.1 Å². The van der Waals surface area contributed by atoms with Gasteiger partial charge in [-0.05, 0) is 12.1 Å². The Bertz CT molecular complexity index is 533. The van der Waals surface area contributed by atoms with Crippen LogP contribution in [0.15, 0.2) is 35.3 Å². The number of pyridine rings is 1. The summed E-state index contributed by atoms with van der Waals surface area (Å²) in [4.78, 5) is 11.9. The first-order chi connectivity index (χ1) is 6.74. The quantitative estimate of drug-likeness (QED) is 0.740. The molecule has 1 aromatic heterocycles. The number of aliphatic hydroxyl groups excluding tert-OH is 1. The van der Waals surface area contributed by atoms with Gasteiger partial charge in [-0.1, -0.05) is 16.6 Å². The van der Waals surface area contributed by atoms with E-state index in [9.17, 15) is 9.28 Å². The Kier molecular flexibility index (Phi) is 2.05. The van der Waals surface area contributed by atoms with Gasteiger partial charge >= 0.3 is 0 Å². The van der Waals surface area contributed by atoms with Crippen LogP contribution < -0.4 is 5.43 Å². The summed E-state index contributed by atoms with van der Waals surface area (Å²) in [6, 6.07) is 6.35. The van der Waals surface area contributed by atoms with Gasteiger partial charge < -0.3 is 5.11 Å². The molecule has 72 valence electrons. The van der Waals surface area contributed by atoms with E-state index in [-0.39, 0.29) is 21.9 Å². The minimum atomic E-state index is -0.451. The van der Waals surface area contributed by atoms with Gasteiger partial charge in [0.25, 0.3) is 0 Å². The van der Waals surface area contributed by atoms with Crippen LogP contribution in [-0.2, 0) is 6.61 Å². The largest absolute Gasteiger partial charge is 0.391 e. The third-order valence-corrected chi connectivity index (χ3v) is 2.11. The zero-order valence-corrected chi connectivity index (χ0v) is 7.27. The zero-order chi connectivity index (χ0) is 10.1. The predicted molar refractivity (Wildman–Crippen MR) is 50.6 cm³/mol. The van der Waals surface area contributed by atoms with Gasteiger partial charge in [0.15, 0.2) is 5.43 Å². The highest BCUT2D eigenvalue weighted by Gasteiger charge is 2.06. The molecular formula is C10H8FNO2. The van der Waals surface area contributed by atoms with E-state index in [2.05, 4.69) is 0 Å². The van der Waals surface area contributed by atoms with E-state index >= 15 is 0 Å². The van der Waals surface area contributed by atoms with Crippen molar-refractivity contribution in [1.82, 2.24) is 4.79 Å². The van der Waals surface area contributed by atoms with Crippen LogP contribution in [0.4, 0.5) is 4.48 Å². The van der Waals surface area contributed by atoms with Crippen LogP contribution in [0.3, 0.4) is 0 Å². The van der Waals surface area contributed by atoms with Crippen LogP contribution in [0.2, 0.25) is 0 Å². The number of halogens is 1. The molecule has 0 saturated heterocycles. The maximum atomic E-state index is 13.3. The molecule has 0 aliphatic carbocycles. The summed E-state index contributed by atoms with van der Waals surface area (Å²) < 4.78 is 13.3. The van der Waals surface area contributed by atoms with E-state index in [1.807, 2.05) is 0 Å². The third kappa shape index (κ3) is 1.20. The molecule has 2 aromatic rings. The Hall–Kier alpha value is -1.68. The summed E-state index contributed by atoms with van der Waals surface area (Å²) in [6.07, 6.45) is 1.00. The number of para-hydroxylation sites is 1. The maximum Gasteiger partial charge on any atom is 0.195 e. The van der Waals surface area contributed by atoms with Gasteiger partial charge in [-0.3, -0.25) is 4.79 Å². The summed E-state index contributed by atoms with van der Waals surface area (Å²) in [5.41, 5.74) is -0.0436. The minimum absolute atomic E-state index is 0.0613. The van der Waals surface area contributed by atoms with Crippen molar-refractivity contribution in [2.24, 2.45) is 0 Å². The Labute approximate surface area is 79.0 Å². The molecule has 2 rings (SSSR count). The van der Waals surface area contributed by atoms with Gasteiger partial charge in [0.2, 0.25) is 0 Å². The van der Waals surface area contributed by atoms with E-state index in [1.54, 1.807) is 12.1 Å². The molecular weight excluding hydrogens is 185 g/mol. The first-order valence-electron chi connectivity index (χ1n) is 4.14. The number of aromatic nitrogens is 1. The molecule has 0 radical (unpaired) electrons.